The molecule has 0 spiro atoms. The van der Waals surface area contributed by atoms with Crippen molar-refractivity contribution in [2.45, 2.75) is 32.7 Å². The molecule has 2 heterocycles. The maximum atomic E-state index is 12.6. The van der Waals surface area contributed by atoms with Gasteiger partial charge in [0, 0.05) is 51.8 Å². The Bertz CT molecular complexity index is 478. The lowest BCUT2D eigenvalue weighted by Crippen LogP contribution is -2.53. The van der Waals surface area contributed by atoms with Crippen molar-refractivity contribution >= 4 is 17.7 Å². The van der Waals surface area contributed by atoms with Gasteiger partial charge < -0.3 is 19.4 Å². The second-order valence-corrected chi connectivity index (χ2v) is 7.22. The lowest BCUT2D eigenvalue weighted by molar-refractivity contribution is -0.143. The summed E-state index contributed by atoms with van der Waals surface area (Å²) < 4.78 is 4.85. The average molecular weight is 325 g/mol. The van der Waals surface area contributed by atoms with E-state index in [0.29, 0.717) is 39.1 Å². The molecule has 2 aliphatic heterocycles. The fourth-order valence-corrected chi connectivity index (χ4v) is 3.17. The van der Waals surface area contributed by atoms with E-state index in [1.807, 2.05) is 20.8 Å². The molecule has 2 fully saturated rings. The molecule has 23 heavy (non-hydrogen) atoms. The Hall–Kier alpha value is -1.63. The second-order valence-electron chi connectivity index (χ2n) is 7.22. The van der Waals surface area contributed by atoms with Crippen LogP contribution < -0.4 is 0 Å². The molecule has 2 saturated heterocycles. The summed E-state index contributed by atoms with van der Waals surface area (Å²) in [6.07, 6.45) is 0.291. The highest BCUT2D eigenvalue weighted by Gasteiger charge is 2.41. The molecule has 0 aliphatic carbocycles. The summed E-state index contributed by atoms with van der Waals surface area (Å²) in [5, 5.41) is 0. The minimum Gasteiger partial charge on any atom is -0.375 e. The van der Waals surface area contributed by atoms with Crippen molar-refractivity contribution in [1.29, 1.82) is 0 Å². The zero-order valence-corrected chi connectivity index (χ0v) is 14.5. The first-order valence-electron chi connectivity index (χ1n) is 8.10. The molecule has 1 unspecified atom stereocenters. The molecule has 0 aromatic carbocycles. The van der Waals surface area contributed by atoms with Crippen molar-refractivity contribution in [3.8, 4) is 0 Å². The number of amides is 3. The van der Waals surface area contributed by atoms with Gasteiger partial charge in [0.2, 0.25) is 17.7 Å². The Morgan fingerprint density at radius 3 is 2.17 bits per heavy atom. The van der Waals surface area contributed by atoms with Crippen LogP contribution in [0.1, 0.15) is 27.2 Å². The van der Waals surface area contributed by atoms with Gasteiger partial charge in [-0.05, 0) is 20.8 Å². The Kier molecular flexibility index (Phi) is 5.29. The van der Waals surface area contributed by atoms with Crippen LogP contribution in [0.3, 0.4) is 0 Å². The molecule has 0 radical (unpaired) electrons. The molecular weight excluding hydrogens is 298 g/mol. The molecule has 130 valence electrons. The normalized spacial score (nSPS) is 22.7. The molecule has 7 nitrogen and oxygen atoms in total. The second kappa shape index (κ2) is 6.86. The van der Waals surface area contributed by atoms with Crippen LogP contribution in [0.5, 0.6) is 0 Å². The van der Waals surface area contributed by atoms with Crippen LogP contribution in [0, 0.1) is 5.92 Å². The molecule has 1 atom stereocenters. The highest BCUT2D eigenvalue weighted by atomic mass is 16.5. The van der Waals surface area contributed by atoms with Crippen molar-refractivity contribution in [1.82, 2.24) is 14.7 Å². The van der Waals surface area contributed by atoms with Crippen LogP contribution in [-0.2, 0) is 19.1 Å². The van der Waals surface area contributed by atoms with Crippen LogP contribution in [-0.4, -0.2) is 84.4 Å². The number of methoxy groups -OCH3 is 1. The number of piperazine rings is 1. The van der Waals surface area contributed by atoms with Gasteiger partial charge in [0.05, 0.1) is 5.92 Å². The average Bonchev–Trinajstić information content (AvgIpc) is 2.89. The highest BCUT2D eigenvalue weighted by molar-refractivity contribution is 5.89. The third kappa shape index (κ3) is 4.02. The zero-order chi connectivity index (χ0) is 17.2. The van der Waals surface area contributed by atoms with Crippen LogP contribution >= 0.6 is 0 Å². The van der Waals surface area contributed by atoms with Gasteiger partial charge in [0.15, 0.2) is 0 Å². The van der Waals surface area contributed by atoms with Crippen molar-refractivity contribution in [3.05, 3.63) is 0 Å². The maximum Gasteiger partial charge on any atom is 0.248 e. The summed E-state index contributed by atoms with van der Waals surface area (Å²) in [7, 11) is 1.50. The van der Waals surface area contributed by atoms with E-state index in [2.05, 4.69) is 0 Å². The number of nitrogens with zero attached hydrogens (tertiary/aromatic N) is 3. The smallest absolute Gasteiger partial charge is 0.248 e. The van der Waals surface area contributed by atoms with Gasteiger partial charge in [-0.2, -0.15) is 0 Å². The van der Waals surface area contributed by atoms with Crippen LogP contribution in [0.2, 0.25) is 0 Å². The monoisotopic (exact) mass is 325 g/mol. The number of hydrogen-bond acceptors (Lipinski definition) is 4. The molecule has 0 bridgehead atoms. The van der Waals surface area contributed by atoms with Crippen LogP contribution in [0.25, 0.3) is 0 Å². The minimum atomic E-state index is -0.261. The molecule has 0 saturated carbocycles. The third-order valence-corrected chi connectivity index (χ3v) is 4.50. The Labute approximate surface area is 137 Å². The molecule has 0 aromatic rings. The van der Waals surface area contributed by atoms with Gasteiger partial charge in [0.1, 0.15) is 6.61 Å². The van der Waals surface area contributed by atoms with Crippen molar-refractivity contribution in [3.63, 3.8) is 0 Å². The predicted molar refractivity (Wildman–Crippen MR) is 84.6 cm³/mol. The number of likely N-dealkylation sites (tertiary alicyclic amines) is 1. The largest absolute Gasteiger partial charge is 0.375 e. The number of carbonyl (C=O) groups is 3. The summed E-state index contributed by atoms with van der Waals surface area (Å²) >= 11 is 0. The van der Waals surface area contributed by atoms with Gasteiger partial charge in [-0.3, -0.25) is 14.4 Å². The van der Waals surface area contributed by atoms with E-state index in [1.165, 1.54) is 7.11 Å². The van der Waals surface area contributed by atoms with E-state index in [0.717, 1.165) is 0 Å². The lowest BCUT2D eigenvalue weighted by Gasteiger charge is -2.36. The number of ether oxygens (including phenoxy) is 1. The van der Waals surface area contributed by atoms with E-state index < -0.39 is 0 Å². The first kappa shape index (κ1) is 17.7. The van der Waals surface area contributed by atoms with E-state index >= 15 is 0 Å². The van der Waals surface area contributed by atoms with Gasteiger partial charge in [-0.15, -0.1) is 0 Å². The molecular formula is C16H27N3O4. The van der Waals surface area contributed by atoms with Gasteiger partial charge in [-0.25, -0.2) is 0 Å². The quantitative estimate of drug-likeness (QED) is 0.729. The third-order valence-electron chi connectivity index (χ3n) is 4.50. The van der Waals surface area contributed by atoms with E-state index in [-0.39, 0.29) is 35.8 Å². The maximum absolute atomic E-state index is 12.6. The van der Waals surface area contributed by atoms with E-state index in [9.17, 15) is 14.4 Å². The van der Waals surface area contributed by atoms with Gasteiger partial charge >= 0.3 is 0 Å². The summed E-state index contributed by atoms with van der Waals surface area (Å²) in [5.41, 5.74) is -0.253. The Morgan fingerprint density at radius 1 is 1.13 bits per heavy atom. The van der Waals surface area contributed by atoms with Gasteiger partial charge in [-0.1, -0.05) is 0 Å². The summed E-state index contributed by atoms with van der Waals surface area (Å²) in [4.78, 5) is 41.8. The minimum absolute atomic E-state index is 0.0314. The van der Waals surface area contributed by atoms with Gasteiger partial charge in [0.25, 0.3) is 0 Å². The number of hydrogen-bond donors (Lipinski definition) is 0. The fourth-order valence-electron chi connectivity index (χ4n) is 3.17. The first-order chi connectivity index (χ1) is 10.7. The van der Waals surface area contributed by atoms with Crippen LogP contribution in [0.15, 0.2) is 0 Å². The predicted octanol–water partition coefficient (Wildman–Crippen LogP) is -0.0494. The van der Waals surface area contributed by atoms with E-state index in [1.54, 1.807) is 14.7 Å². The fraction of sp³-hybridized carbons (Fsp3) is 0.812. The first-order valence-corrected chi connectivity index (χ1v) is 8.10. The number of rotatable bonds is 3. The van der Waals surface area contributed by atoms with E-state index in [4.69, 9.17) is 4.74 Å². The molecule has 0 aromatic heterocycles. The van der Waals surface area contributed by atoms with Crippen molar-refractivity contribution in [2.24, 2.45) is 5.92 Å². The summed E-state index contributed by atoms with van der Waals surface area (Å²) in [5.74, 6) is -0.230. The standard InChI is InChI=1S/C16H27N3O4/c1-16(2,3)19-10-12(9-13(19)20)15(22)18-7-5-17(6-8-18)14(21)11-23-4/h12H,5-11H2,1-4H3. The summed E-state index contributed by atoms with van der Waals surface area (Å²) in [6, 6.07) is 0. The topological polar surface area (TPSA) is 70.2 Å². The number of carbonyl (C=O) groups excluding carboxylic acids is 3. The Morgan fingerprint density at radius 2 is 1.70 bits per heavy atom. The molecule has 0 N–H and O–H groups in total. The SMILES string of the molecule is COCC(=O)N1CCN(C(=O)C2CC(=O)N(C(C)(C)C)C2)CC1. The lowest BCUT2D eigenvalue weighted by atomic mass is 10.1. The molecule has 2 rings (SSSR count). The zero-order valence-electron chi connectivity index (χ0n) is 14.5. The van der Waals surface area contributed by atoms with Crippen molar-refractivity contribution in [2.75, 3.05) is 46.4 Å². The van der Waals surface area contributed by atoms with Crippen molar-refractivity contribution < 1.29 is 19.1 Å². The Balaban J connectivity index is 1.89. The molecule has 7 heteroatoms. The molecule has 2 aliphatic rings. The summed E-state index contributed by atoms with van der Waals surface area (Å²) in [6.45, 7) is 8.61. The highest BCUT2D eigenvalue weighted by Crippen LogP contribution is 2.27. The van der Waals surface area contributed by atoms with Crippen LogP contribution in [0.4, 0.5) is 0 Å². The molecule has 3 amide bonds.